The second kappa shape index (κ2) is 10.2. The van der Waals surface area contributed by atoms with Gasteiger partial charge in [-0.3, -0.25) is 19.7 Å². The number of carbonyl (C=O) groups is 3. The van der Waals surface area contributed by atoms with Gasteiger partial charge in [0.25, 0.3) is 5.56 Å². The lowest BCUT2D eigenvalue weighted by atomic mass is 9.97. The second-order valence-corrected chi connectivity index (χ2v) is 9.94. The quantitative estimate of drug-likeness (QED) is 0.617. The van der Waals surface area contributed by atoms with Crippen LogP contribution in [0.15, 0.2) is 23.1 Å². The van der Waals surface area contributed by atoms with E-state index in [1.165, 1.54) is 16.8 Å². The first-order chi connectivity index (χ1) is 15.6. The van der Waals surface area contributed by atoms with Crippen LogP contribution in [0.1, 0.15) is 71.8 Å². The van der Waals surface area contributed by atoms with Crippen LogP contribution in [-0.2, 0) is 14.3 Å². The molecule has 2 aliphatic carbocycles. The van der Waals surface area contributed by atoms with E-state index in [1.807, 2.05) is 0 Å². The van der Waals surface area contributed by atoms with Crippen LogP contribution in [0.4, 0.5) is 10.5 Å². The van der Waals surface area contributed by atoms with E-state index >= 15 is 0 Å². The van der Waals surface area contributed by atoms with Crippen molar-refractivity contribution >= 4 is 23.5 Å². The van der Waals surface area contributed by atoms with E-state index < -0.39 is 35.2 Å². The van der Waals surface area contributed by atoms with Gasteiger partial charge >= 0.3 is 6.09 Å². The number of aromatic nitrogens is 1. The summed E-state index contributed by atoms with van der Waals surface area (Å²) in [5.41, 5.74) is -1.24. The number of amides is 2. The Morgan fingerprint density at radius 3 is 2.55 bits per heavy atom. The largest absolute Gasteiger partial charge is 0.444 e. The van der Waals surface area contributed by atoms with Crippen molar-refractivity contribution in [1.82, 2.24) is 9.88 Å². The average molecular weight is 457 g/mol. The van der Waals surface area contributed by atoms with Crippen LogP contribution >= 0.6 is 0 Å². The smallest absolute Gasteiger partial charge is 0.412 e. The number of carbonyl (C=O) groups excluding carboxylic acids is 3. The average Bonchev–Trinajstić information content (AvgIpc) is 3.46. The Hall–Kier alpha value is -3.15. The first-order valence-corrected chi connectivity index (χ1v) is 11.5. The van der Waals surface area contributed by atoms with E-state index in [1.54, 1.807) is 26.8 Å². The summed E-state index contributed by atoms with van der Waals surface area (Å²) in [4.78, 5) is 50.4. The number of nitrogens with zero attached hydrogens (tertiary/aromatic N) is 2. The molecule has 2 fully saturated rings. The minimum Gasteiger partial charge on any atom is -0.444 e. The molecule has 2 aliphatic rings. The minimum atomic E-state index is -0.819. The Morgan fingerprint density at radius 1 is 1.24 bits per heavy atom. The number of ketones is 1. The van der Waals surface area contributed by atoms with Gasteiger partial charge in [-0.15, -0.1) is 0 Å². The van der Waals surface area contributed by atoms with Crippen LogP contribution in [0.2, 0.25) is 0 Å². The van der Waals surface area contributed by atoms with Gasteiger partial charge in [-0.25, -0.2) is 4.79 Å². The highest BCUT2D eigenvalue weighted by molar-refractivity contribution is 5.85. The maximum Gasteiger partial charge on any atom is 0.412 e. The third-order valence-electron chi connectivity index (χ3n) is 5.93. The van der Waals surface area contributed by atoms with Crippen molar-refractivity contribution in [3.05, 3.63) is 28.7 Å². The SMILES string of the molecule is CC(C)(C)OC(=O)Nc1cccn([C@@H](CC2CC2)C(=O)N[C@H](C#N)C[C@@H]2CCCC2=O)c1=O. The van der Waals surface area contributed by atoms with Crippen LogP contribution in [0, 0.1) is 23.2 Å². The zero-order valence-corrected chi connectivity index (χ0v) is 19.4. The predicted molar refractivity (Wildman–Crippen MR) is 121 cm³/mol. The monoisotopic (exact) mass is 456 g/mol. The summed E-state index contributed by atoms with van der Waals surface area (Å²) in [5.74, 6) is -0.181. The Kier molecular flexibility index (Phi) is 7.57. The first kappa shape index (κ1) is 24.5. The Morgan fingerprint density at radius 2 is 1.97 bits per heavy atom. The number of hydrogen-bond donors (Lipinski definition) is 2. The number of pyridine rings is 1. The summed E-state index contributed by atoms with van der Waals surface area (Å²) in [5, 5.41) is 14.8. The van der Waals surface area contributed by atoms with Gasteiger partial charge in [-0.2, -0.15) is 5.26 Å². The number of Topliss-reactive ketones (excluding diaryl/α,β-unsaturated/α-hetero) is 1. The number of anilines is 1. The molecule has 0 bridgehead atoms. The van der Waals surface area contributed by atoms with Gasteiger partial charge in [0.2, 0.25) is 5.91 Å². The summed E-state index contributed by atoms with van der Waals surface area (Å²) in [6.45, 7) is 5.16. The van der Waals surface area contributed by atoms with Gasteiger partial charge in [0, 0.05) is 18.5 Å². The van der Waals surface area contributed by atoms with E-state index in [-0.39, 0.29) is 23.8 Å². The van der Waals surface area contributed by atoms with Crippen molar-refractivity contribution in [2.75, 3.05) is 5.32 Å². The van der Waals surface area contributed by atoms with Crippen molar-refractivity contribution in [3.63, 3.8) is 0 Å². The summed E-state index contributed by atoms with van der Waals surface area (Å²) in [6.07, 6.45) is 5.52. The summed E-state index contributed by atoms with van der Waals surface area (Å²) < 4.78 is 6.52. The highest BCUT2D eigenvalue weighted by atomic mass is 16.6. The molecule has 1 aromatic rings. The molecule has 2 saturated carbocycles. The number of nitriles is 1. The zero-order chi connectivity index (χ0) is 24.2. The fraction of sp³-hybridized carbons (Fsp3) is 0.625. The van der Waals surface area contributed by atoms with Crippen LogP contribution < -0.4 is 16.2 Å². The number of nitrogens with one attached hydrogen (secondary N) is 2. The maximum atomic E-state index is 13.2. The topological polar surface area (TPSA) is 130 Å². The van der Waals surface area contributed by atoms with Crippen molar-refractivity contribution in [2.45, 2.75) is 83.4 Å². The number of rotatable bonds is 8. The summed E-state index contributed by atoms with van der Waals surface area (Å²) in [6, 6.07) is 3.51. The molecule has 0 saturated heterocycles. The van der Waals surface area contributed by atoms with E-state index in [0.29, 0.717) is 18.8 Å². The van der Waals surface area contributed by atoms with Crippen molar-refractivity contribution < 1.29 is 19.1 Å². The van der Waals surface area contributed by atoms with E-state index in [4.69, 9.17) is 4.74 Å². The highest BCUT2D eigenvalue weighted by Gasteiger charge is 2.34. The molecule has 178 valence electrons. The normalized spacial score (nSPS) is 19.9. The Labute approximate surface area is 193 Å². The predicted octanol–water partition coefficient (Wildman–Crippen LogP) is 3.30. The molecule has 3 atom stereocenters. The number of hydrogen-bond acceptors (Lipinski definition) is 6. The van der Waals surface area contributed by atoms with Crippen LogP contribution in [0.5, 0.6) is 0 Å². The van der Waals surface area contributed by atoms with Crippen LogP contribution in [0.25, 0.3) is 0 Å². The molecule has 0 spiro atoms. The molecule has 2 amide bonds. The molecule has 9 heteroatoms. The van der Waals surface area contributed by atoms with Gasteiger partial charge < -0.3 is 14.6 Å². The van der Waals surface area contributed by atoms with E-state index in [2.05, 4.69) is 16.7 Å². The molecule has 0 aromatic carbocycles. The highest BCUT2D eigenvalue weighted by Crippen LogP contribution is 2.37. The van der Waals surface area contributed by atoms with Crippen LogP contribution in [0.3, 0.4) is 0 Å². The van der Waals surface area contributed by atoms with Crippen LogP contribution in [-0.4, -0.2) is 34.0 Å². The van der Waals surface area contributed by atoms with Crippen molar-refractivity contribution in [3.8, 4) is 6.07 Å². The molecule has 33 heavy (non-hydrogen) atoms. The standard InChI is InChI=1S/C24H32N4O5/c1-24(2,3)33-23(32)27-18-7-5-11-28(22(18)31)19(12-15-9-10-15)21(30)26-17(14-25)13-16-6-4-8-20(16)29/h5,7,11,15-17,19H,4,6,8-10,12-13H2,1-3H3,(H,26,30)(H,27,32)/t16-,17-,19-/m0/s1. The Bertz CT molecular complexity index is 999. The fourth-order valence-electron chi connectivity index (χ4n) is 4.11. The molecule has 2 N–H and O–H groups in total. The number of ether oxygens (including phenoxy) is 1. The van der Waals surface area contributed by atoms with E-state index in [0.717, 1.165) is 25.7 Å². The van der Waals surface area contributed by atoms with Crippen molar-refractivity contribution in [2.24, 2.45) is 11.8 Å². The molecule has 3 rings (SSSR count). The molecule has 9 nitrogen and oxygen atoms in total. The van der Waals surface area contributed by atoms with Gasteiger partial charge in [0.15, 0.2) is 0 Å². The van der Waals surface area contributed by atoms with Gasteiger partial charge in [0.05, 0.1) is 6.07 Å². The minimum absolute atomic E-state index is 0.00809. The lowest BCUT2D eigenvalue weighted by molar-refractivity contribution is -0.126. The first-order valence-electron chi connectivity index (χ1n) is 11.5. The third kappa shape index (κ3) is 6.91. The zero-order valence-electron chi connectivity index (χ0n) is 19.4. The maximum absolute atomic E-state index is 13.2. The van der Waals surface area contributed by atoms with Gasteiger partial charge in [-0.05, 0) is 64.5 Å². The molecule has 0 aliphatic heterocycles. The second-order valence-electron chi connectivity index (χ2n) is 9.94. The molecule has 0 unspecified atom stereocenters. The van der Waals surface area contributed by atoms with E-state index in [9.17, 15) is 24.4 Å². The lowest BCUT2D eigenvalue weighted by Crippen LogP contribution is -2.43. The Balaban J connectivity index is 1.77. The summed E-state index contributed by atoms with van der Waals surface area (Å²) >= 11 is 0. The molecule has 0 radical (unpaired) electrons. The summed E-state index contributed by atoms with van der Waals surface area (Å²) in [7, 11) is 0. The molecular formula is C24H32N4O5. The molecular weight excluding hydrogens is 424 g/mol. The van der Waals surface area contributed by atoms with Crippen molar-refractivity contribution in [1.29, 1.82) is 5.26 Å². The van der Waals surface area contributed by atoms with Gasteiger partial charge in [0.1, 0.15) is 29.2 Å². The molecule has 1 aromatic heterocycles. The van der Waals surface area contributed by atoms with Gasteiger partial charge in [-0.1, -0.05) is 12.8 Å². The molecule has 1 heterocycles. The third-order valence-corrected chi connectivity index (χ3v) is 5.93. The lowest BCUT2D eigenvalue weighted by Gasteiger charge is -2.23. The fourth-order valence-corrected chi connectivity index (χ4v) is 4.11.